The number of rotatable bonds is 6. The minimum Gasteiger partial charge on any atom is -0.457 e. The molecule has 0 aromatic heterocycles. The van der Waals surface area contributed by atoms with Crippen LogP contribution in [0.1, 0.15) is 25.7 Å². The van der Waals surface area contributed by atoms with Gasteiger partial charge in [0.1, 0.15) is 17.4 Å². The summed E-state index contributed by atoms with van der Waals surface area (Å²) >= 11 is 0. The highest BCUT2D eigenvalue weighted by Gasteiger charge is 2.17. The molecule has 130 valence electrons. The SMILES string of the molecule is Nc1ccc(Oc2cccc(NOCC3CCC(=C=O)CC3)c2)cc1. The van der Waals surface area contributed by atoms with Crippen LogP contribution in [-0.2, 0) is 9.63 Å². The molecular weight excluding hydrogens is 316 g/mol. The molecule has 2 aromatic rings. The summed E-state index contributed by atoms with van der Waals surface area (Å²) in [6.07, 6.45) is 3.63. The average Bonchev–Trinajstić information content (AvgIpc) is 2.65. The summed E-state index contributed by atoms with van der Waals surface area (Å²) in [5.74, 6) is 3.95. The van der Waals surface area contributed by atoms with E-state index in [-0.39, 0.29) is 0 Å². The first-order valence-corrected chi connectivity index (χ1v) is 8.47. The van der Waals surface area contributed by atoms with Crippen molar-refractivity contribution in [3.63, 3.8) is 0 Å². The average molecular weight is 338 g/mol. The lowest BCUT2D eigenvalue weighted by atomic mass is 9.87. The largest absolute Gasteiger partial charge is 0.457 e. The molecule has 1 aliphatic carbocycles. The third-order valence-electron chi connectivity index (χ3n) is 4.31. The fraction of sp³-hybridized carbons (Fsp3) is 0.300. The van der Waals surface area contributed by atoms with Gasteiger partial charge in [-0.3, -0.25) is 10.3 Å². The van der Waals surface area contributed by atoms with Crippen molar-refractivity contribution >= 4 is 17.3 Å². The van der Waals surface area contributed by atoms with Crippen LogP contribution >= 0.6 is 0 Å². The number of carbonyl (C=O) groups excluding carboxylic acids is 1. The van der Waals surface area contributed by atoms with Gasteiger partial charge in [0.2, 0.25) is 0 Å². The van der Waals surface area contributed by atoms with Crippen molar-refractivity contribution < 1.29 is 14.4 Å². The zero-order valence-corrected chi connectivity index (χ0v) is 14.0. The number of hydrogen-bond donors (Lipinski definition) is 2. The number of nitrogens with one attached hydrogen (secondary N) is 1. The first-order valence-electron chi connectivity index (χ1n) is 8.47. The number of anilines is 2. The quantitative estimate of drug-likeness (QED) is 0.465. The van der Waals surface area contributed by atoms with E-state index in [2.05, 4.69) is 5.48 Å². The predicted molar refractivity (Wildman–Crippen MR) is 98.1 cm³/mol. The smallest absolute Gasteiger partial charge is 0.129 e. The van der Waals surface area contributed by atoms with E-state index in [1.165, 1.54) is 0 Å². The van der Waals surface area contributed by atoms with Crippen LogP contribution in [0.3, 0.4) is 0 Å². The van der Waals surface area contributed by atoms with E-state index in [1.54, 1.807) is 12.1 Å². The van der Waals surface area contributed by atoms with Gasteiger partial charge in [0, 0.05) is 17.3 Å². The highest BCUT2D eigenvalue weighted by atomic mass is 16.6. The summed E-state index contributed by atoms with van der Waals surface area (Å²) < 4.78 is 5.80. The number of nitrogens with two attached hydrogens (primary N) is 1. The normalized spacial score (nSPS) is 17.0. The van der Waals surface area contributed by atoms with E-state index < -0.39 is 0 Å². The van der Waals surface area contributed by atoms with Crippen LogP contribution in [0.25, 0.3) is 0 Å². The number of nitrogen functional groups attached to an aromatic ring is 1. The van der Waals surface area contributed by atoms with E-state index in [9.17, 15) is 4.79 Å². The lowest BCUT2D eigenvalue weighted by molar-refractivity contribution is 0.135. The molecule has 0 unspecified atom stereocenters. The van der Waals surface area contributed by atoms with Crippen LogP contribution in [0.5, 0.6) is 11.5 Å². The lowest BCUT2D eigenvalue weighted by Gasteiger charge is -2.22. The Morgan fingerprint density at radius 2 is 1.84 bits per heavy atom. The van der Waals surface area contributed by atoms with Crippen LogP contribution in [0.4, 0.5) is 11.4 Å². The van der Waals surface area contributed by atoms with Crippen molar-refractivity contribution in [2.75, 3.05) is 17.8 Å². The van der Waals surface area contributed by atoms with Gasteiger partial charge in [0.25, 0.3) is 0 Å². The van der Waals surface area contributed by atoms with Gasteiger partial charge < -0.3 is 10.5 Å². The molecule has 0 spiro atoms. The monoisotopic (exact) mass is 338 g/mol. The zero-order valence-electron chi connectivity index (χ0n) is 14.0. The molecule has 1 aliphatic rings. The minimum atomic E-state index is 0.471. The van der Waals surface area contributed by atoms with Crippen molar-refractivity contribution in [1.29, 1.82) is 0 Å². The third kappa shape index (κ3) is 5.11. The molecule has 0 radical (unpaired) electrons. The van der Waals surface area contributed by atoms with Gasteiger partial charge in [-0.25, -0.2) is 4.79 Å². The fourth-order valence-electron chi connectivity index (χ4n) is 2.83. The number of hydrogen-bond acceptors (Lipinski definition) is 5. The standard InChI is InChI=1S/C20H22N2O3/c21-17-8-10-19(11-9-17)25-20-3-1-2-18(12-20)22-24-14-16-6-4-15(13-23)5-7-16/h1-3,8-12,16,22H,4-7,14,21H2. The number of benzene rings is 2. The summed E-state index contributed by atoms with van der Waals surface area (Å²) in [6.45, 7) is 0.620. The van der Waals surface area contributed by atoms with Crippen molar-refractivity contribution in [1.82, 2.24) is 0 Å². The maximum atomic E-state index is 10.6. The second kappa shape index (κ2) is 8.38. The van der Waals surface area contributed by atoms with Crippen molar-refractivity contribution in [2.24, 2.45) is 5.92 Å². The summed E-state index contributed by atoms with van der Waals surface area (Å²) in [7, 11) is 0. The lowest BCUT2D eigenvalue weighted by Crippen LogP contribution is -2.17. The van der Waals surface area contributed by atoms with Crippen LogP contribution < -0.4 is 16.0 Å². The van der Waals surface area contributed by atoms with Gasteiger partial charge in [-0.2, -0.15) is 0 Å². The number of allylic oxidation sites excluding steroid dienone is 1. The molecule has 2 aromatic carbocycles. The van der Waals surface area contributed by atoms with Gasteiger partial charge >= 0.3 is 0 Å². The Morgan fingerprint density at radius 3 is 2.56 bits per heavy atom. The molecule has 25 heavy (non-hydrogen) atoms. The third-order valence-corrected chi connectivity index (χ3v) is 4.31. The second-order valence-electron chi connectivity index (χ2n) is 6.26. The molecule has 0 atom stereocenters. The van der Waals surface area contributed by atoms with Crippen molar-refractivity contribution in [2.45, 2.75) is 25.7 Å². The minimum absolute atomic E-state index is 0.471. The van der Waals surface area contributed by atoms with E-state index in [4.69, 9.17) is 15.3 Å². The van der Waals surface area contributed by atoms with Gasteiger partial charge in [-0.15, -0.1) is 0 Å². The first kappa shape index (κ1) is 17.1. The summed E-state index contributed by atoms with van der Waals surface area (Å²) in [5.41, 5.74) is 11.1. The van der Waals surface area contributed by atoms with E-state index >= 15 is 0 Å². The fourth-order valence-corrected chi connectivity index (χ4v) is 2.83. The molecule has 0 bridgehead atoms. The van der Waals surface area contributed by atoms with Crippen LogP contribution in [0, 0.1) is 5.92 Å². The van der Waals surface area contributed by atoms with Crippen LogP contribution in [0.2, 0.25) is 0 Å². The van der Waals surface area contributed by atoms with Crippen molar-refractivity contribution in [3.8, 4) is 11.5 Å². The van der Waals surface area contributed by atoms with Gasteiger partial charge in [0.15, 0.2) is 0 Å². The Balaban J connectivity index is 1.48. The molecule has 0 aliphatic heterocycles. The molecule has 5 heteroatoms. The summed E-state index contributed by atoms with van der Waals surface area (Å²) in [5, 5.41) is 0. The molecule has 1 fully saturated rings. The van der Waals surface area contributed by atoms with E-state index in [1.807, 2.05) is 42.3 Å². The highest BCUT2D eigenvalue weighted by Crippen LogP contribution is 2.27. The molecule has 0 heterocycles. The molecule has 1 saturated carbocycles. The Bertz CT molecular complexity index is 742. The Morgan fingerprint density at radius 1 is 1.08 bits per heavy atom. The van der Waals surface area contributed by atoms with E-state index in [0.717, 1.165) is 48.4 Å². The van der Waals surface area contributed by atoms with Gasteiger partial charge in [0.05, 0.1) is 12.3 Å². The van der Waals surface area contributed by atoms with Gasteiger partial charge in [-0.05, 0) is 68.0 Å². The molecule has 5 nitrogen and oxygen atoms in total. The Hall–Kier alpha value is -2.75. The first-order chi connectivity index (χ1) is 12.2. The Labute approximate surface area is 147 Å². The van der Waals surface area contributed by atoms with Gasteiger partial charge in [-0.1, -0.05) is 6.07 Å². The van der Waals surface area contributed by atoms with Crippen LogP contribution in [-0.4, -0.2) is 12.5 Å². The molecule has 3 N–H and O–H groups in total. The summed E-state index contributed by atoms with van der Waals surface area (Å²) in [4.78, 5) is 16.2. The summed E-state index contributed by atoms with van der Waals surface area (Å²) in [6, 6.07) is 14.9. The molecule has 0 saturated heterocycles. The molecule has 0 amide bonds. The zero-order chi connectivity index (χ0) is 17.5. The topological polar surface area (TPSA) is 73.6 Å². The highest BCUT2D eigenvalue weighted by molar-refractivity contribution is 5.52. The second-order valence-corrected chi connectivity index (χ2v) is 6.26. The molecule has 3 rings (SSSR count). The Kier molecular flexibility index (Phi) is 5.73. The van der Waals surface area contributed by atoms with Crippen molar-refractivity contribution in [3.05, 3.63) is 54.1 Å². The van der Waals surface area contributed by atoms with Crippen LogP contribution in [0.15, 0.2) is 54.1 Å². The number of ether oxygens (including phenoxy) is 1. The van der Waals surface area contributed by atoms with E-state index in [0.29, 0.717) is 18.2 Å². The maximum Gasteiger partial charge on any atom is 0.129 e. The maximum absolute atomic E-state index is 10.6. The molecular formula is C20H22N2O3. The predicted octanol–water partition coefficient (Wildman–Crippen LogP) is 4.35.